The minimum Gasteiger partial charge on any atom is -0.317 e. The third-order valence-corrected chi connectivity index (χ3v) is 4.55. The zero-order valence-corrected chi connectivity index (χ0v) is 14.7. The Morgan fingerprint density at radius 1 is 1.35 bits per heavy atom. The maximum absolute atomic E-state index is 12.2. The molecule has 7 nitrogen and oxygen atoms in total. The van der Waals surface area contributed by atoms with E-state index in [0.29, 0.717) is 24.5 Å². The van der Waals surface area contributed by atoms with Crippen molar-refractivity contribution in [3.63, 3.8) is 0 Å². The number of nitrogens with zero attached hydrogens (tertiary/aromatic N) is 4. The van der Waals surface area contributed by atoms with Gasteiger partial charge in [-0.2, -0.15) is 10.1 Å². The zero-order chi connectivity index (χ0) is 15.5. The summed E-state index contributed by atoms with van der Waals surface area (Å²) in [6, 6.07) is 0.598. The molecule has 23 heavy (non-hydrogen) atoms. The van der Waals surface area contributed by atoms with Gasteiger partial charge in [0.15, 0.2) is 5.82 Å². The van der Waals surface area contributed by atoms with Gasteiger partial charge in [0.1, 0.15) is 0 Å². The Labute approximate surface area is 143 Å². The van der Waals surface area contributed by atoms with Crippen LogP contribution in [0, 0.1) is 0 Å². The monoisotopic (exact) mass is 342 g/mol. The van der Waals surface area contributed by atoms with Crippen LogP contribution in [0.3, 0.4) is 0 Å². The van der Waals surface area contributed by atoms with E-state index in [4.69, 9.17) is 0 Å². The Bertz CT molecular complexity index is 524. The average Bonchev–Trinajstić information content (AvgIpc) is 3.31. The van der Waals surface area contributed by atoms with Crippen LogP contribution in [0.15, 0.2) is 0 Å². The molecule has 1 aliphatic carbocycles. The van der Waals surface area contributed by atoms with Crippen molar-refractivity contribution in [1.29, 1.82) is 0 Å². The molecule has 8 heteroatoms. The van der Waals surface area contributed by atoms with Crippen molar-refractivity contribution < 1.29 is 4.79 Å². The molecule has 2 fully saturated rings. The number of rotatable bonds is 6. The lowest BCUT2D eigenvalue weighted by Gasteiger charge is -2.19. The number of carbonyl (C=O) groups excluding carboxylic acids is 1. The van der Waals surface area contributed by atoms with Crippen molar-refractivity contribution in [2.24, 2.45) is 7.05 Å². The molecule has 1 aliphatic heterocycles. The quantitative estimate of drug-likeness (QED) is 0.810. The first kappa shape index (κ1) is 18.2. The first-order valence-corrected chi connectivity index (χ1v) is 8.33. The van der Waals surface area contributed by atoms with E-state index in [9.17, 15) is 4.79 Å². The molecule has 0 spiro atoms. The van der Waals surface area contributed by atoms with Crippen LogP contribution in [0.4, 0.5) is 5.95 Å². The van der Waals surface area contributed by atoms with Crippen molar-refractivity contribution in [2.45, 2.75) is 44.6 Å². The van der Waals surface area contributed by atoms with E-state index < -0.39 is 0 Å². The molecule has 2 N–H and O–H groups in total. The summed E-state index contributed by atoms with van der Waals surface area (Å²) in [6.45, 7) is 5.48. The number of likely N-dealkylation sites (N-methyl/N-ethyl adjacent to an activating group) is 1. The van der Waals surface area contributed by atoms with Crippen LogP contribution in [-0.2, 0) is 11.8 Å². The molecule has 130 valence electrons. The minimum atomic E-state index is 0. The molecule has 1 aromatic rings. The molecule has 1 aromatic heterocycles. The molecule has 0 unspecified atom stereocenters. The smallest absolute Gasteiger partial charge is 0.240 e. The molecule has 0 atom stereocenters. The van der Waals surface area contributed by atoms with Gasteiger partial charge in [0.25, 0.3) is 0 Å². The SMILES string of the molecule is CCN(CC(=O)Nc1nc(C2CCNCC2)nn1C)C1CC1.Cl. The molecule has 1 amide bonds. The predicted octanol–water partition coefficient (Wildman–Crippen LogP) is 1.13. The molecule has 3 rings (SSSR count). The molecule has 2 heterocycles. The van der Waals surface area contributed by atoms with Crippen molar-refractivity contribution in [3.05, 3.63) is 5.82 Å². The molecule has 1 saturated heterocycles. The van der Waals surface area contributed by atoms with E-state index in [1.807, 2.05) is 7.05 Å². The van der Waals surface area contributed by atoms with Gasteiger partial charge in [0, 0.05) is 19.0 Å². The summed E-state index contributed by atoms with van der Waals surface area (Å²) >= 11 is 0. The van der Waals surface area contributed by atoms with Gasteiger partial charge in [-0.05, 0) is 45.3 Å². The van der Waals surface area contributed by atoms with Crippen molar-refractivity contribution in [1.82, 2.24) is 25.0 Å². The summed E-state index contributed by atoms with van der Waals surface area (Å²) in [7, 11) is 1.84. The van der Waals surface area contributed by atoms with Crippen LogP contribution in [-0.4, -0.2) is 57.8 Å². The summed E-state index contributed by atoms with van der Waals surface area (Å²) in [5.74, 6) is 1.82. The molecule has 0 radical (unpaired) electrons. The molecule has 0 aromatic carbocycles. The number of carbonyl (C=O) groups is 1. The third-order valence-electron chi connectivity index (χ3n) is 4.55. The first-order valence-electron chi connectivity index (χ1n) is 8.33. The van der Waals surface area contributed by atoms with Crippen LogP contribution in [0.1, 0.15) is 44.3 Å². The van der Waals surface area contributed by atoms with Crippen LogP contribution >= 0.6 is 12.4 Å². The number of piperidine rings is 1. The summed E-state index contributed by atoms with van der Waals surface area (Å²) in [5.41, 5.74) is 0. The van der Waals surface area contributed by atoms with Gasteiger partial charge >= 0.3 is 0 Å². The van der Waals surface area contributed by atoms with Crippen LogP contribution in [0.2, 0.25) is 0 Å². The Morgan fingerprint density at radius 2 is 2.04 bits per heavy atom. The van der Waals surface area contributed by atoms with Crippen LogP contribution in [0.5, 0.6) is 0 Å². The summed E-state index contributed by atoms with van der Waals surface area (Å²) in [6.07, 6.45) is 4.54. The van der Waals surface area contributed by atoms with E-state index >= 15 is 0 Å². The third kappa shape index (κ3) is 4.65. The summed E-state index contributed by atoms with van der Waals surface area (Å²) in [4.78, 5) is 19.0. The maximum atomic E-state index is 12.2. The zero-order valence-electron chi connectivity index (χ0n) is 13.9. The molecular weight excluding hydrogens is 316 g/mol. The fraction of sp³-hybridized carbons (Fsp3) is 0.800. The second kappa shape index (κ2) is 8.08. The largest absolute Gasteiger partial charge is 0.317 e. The van der Waals surface area contributed by atoms with Gasteiger partial charge in [-0.3, -0.25) is 15.0 Å². The fourth-order valence-corrected chi connectivity index (χ4v) is 3.05. The highest BCUT2D eigenvalue weighted by Crippen LogP contribution is 2.26. The van der Waals surface area contributed by atoms with Gasteiger partial charge in [-0.15, -0.1) is 12.4 Å². The normalized spacial score (nSPS) is 18.7. The Hall–Kier alpha value is -1.18. The average molecular weight is 343 g/mol. The lowest BCUT2D eigenvalue weighted by Crippen LogP contribution is -2.35. The summed E-state index contributed by atoms with van der Waals surface area (Å²) in [5, 5.41) is 10.7. The van der Waals surface area contributed by atoms with E-state index in [1.54, 1.807) is 4.68 Å². The van der Waals surface area contributed by atoms with Gasteiger partial charge in [0.05, 0.1) is 6.54 Å². The summed E-state index contributed by atoms with van der Waals surface area (Å²) < 4.78 is 1.68. The van der Waals surface area contributed by atoms with Gasteiger partial charge in [-0.1, -0.05) is 6.92 Å². The number of halogens is 1. The van der Waals surface area contributed by atoms with Gasteiger partial charge in [-0.25, -0.2) is 4.68 Å². The lowest BCUT2D eigenvalue weighted by molar-refractivity contribution is -0.117. The van der Waals surface area contributed by atoms with E-state index in [-0.39, 0.29) is 18.3 Å². The van der Waals surface area contributed by atoms with Crippen LogP contribution in [0.25, 0.3) is 0 Å². The van der Waals surface area contributed by atoms with Crippen molar-refractivity contribution in [3.8, 4) is 0 Å². The second-order valence-corrected chi connectivity index (χ2v) is 6.28. The Morgan fingerprint density at radius 3 is 2.65 bits per heavy atom. The minimum absolute atomic E-state index is 0. The van der Waals surface area contributed by atoms with E-state index in [0.717, 1.165) is 38.3 Å². The topological polar surface area (TPSA) is 75.1 Å². The number of anilines is 1. The van der Waals surface area contributed by atoms with Gasteiger partial charge < -0.3 is 5.32 Å². The predicted molar refractivity (Wildman–Crippen MR) is 92.0 cm³/mol. The Kier molecular flexibility index (Phi) is 6.38. The molecule has 2 aliphatic rings. The number of hydrogen-bond donors (Lipinski definition) is 2. The number of aromatic nitrogens is 3. The fourth-order valence-electron chi connectivity index (χ4n) is 3.05. The van der Waals surface area contributed by atoms with E-state index in [2.05, 4.69) is 32.5 Å². The highest BCUT2D eigenvalue weighted by molar-refractivity contribution is 5.90. The highest BCUT2D eigenvalue weighted by Gasteiger charge is 2.29. The molecule has 1 saturated carbocycles. The molecular formula is C15H27ClN6O. The number of amides is 1. The number of aryl methyl sites for hydroxylation is 1. The standard InChI is InChI=1S/C15H26N6O.ClH/c1-3-21(12-4-5-12)10-13(22)17-15-18-14(19-20(15)2)11-6-8-16-9-7-11;/h11-12,16H,3-10H2,1-2H3,(H,17,18,19,22);1H. The lowest BCUT2D eigenvalue weighted by atomic mass is 9.98. The first-order chi connectivity index (χ1) is 10.7. The van der Waals surface area contributed by atoms with Gasteiger partial charge in [0.2, 0.25) is 11.9 Å². The van der Waals surface area contributed by atoms with Crippen LogP contribution < -0.4 is 10.6 Å². The van der Waals surface area contributed by atoms with E-state index in [1.165, 1.54) is 12.8 Å². The number of hydrogen-bond acceptors (Lipinski definition) is 5. The second-order valence-electron chi connectivity index (χ2n) is 6.28. The Balaban J connectivity index is 0.00000192. The number of nitrogens with one attached hydrogen (secondary N) is 2. The highest BCUT2D eigenvalue weighted by atomic mass is 35.5. The van der Waals surface area contributed by atoms with Crippen molar-refractivity contribution >= 4 is 24.3 Å². The van der Waals surface area contributed by atoms with Crippen molar-refractivity contribution in [2.75, 3.05) is 31.5 Å². The maximum Gasteiger partial charge on any atom is 0.240 e. The molecule has 0 bridgehead atoms.